The summed E-state index contributed by atoms with van der Waals surface area (Å²) < 4.78 is 0. The third-order valence-corrected chi connectivity index (χ3v) is 2.84. The second-order valence-electron chi connectivity index (χ2n) is 4.86. The van der Waals surface area contributed by atoms with Crippen molar-refractivity contribution in [3.8, 4) is 0 Å². The minimum Gasteiger partial charge on any atom is -0.389 e. The highest BCUT2D eigenvalue weighted by Gasteiger charge is 2.29. The maximum absolute atomic E-state index is 5.37. The molecule has 2 nitrogen and oxygen atoms in total. The molecule has 0 unspecified atom stereocenters. The van der Waals surface area contributed by atoms with E-state index in [0.717, 1.165) is 12.1 Å². The molecule has 1 aliphatic rings. The van der Waals surface area contributed by atoms with E-state index in [9.17, 15) is 0 Å². The van der Waals surface area contributed by atoms with Gasteiger partial charge < -0.3 is 4.84 Å². The van der Waals surface area contributed by atoms with Crippen molar-refractivity contribution in [2.45, 2.75) is 39.7 Å². The molecule has 0 radical (unpaired) electrons. The van der Waals surface area contributed by atoms with Gasteiger partial charge >= 0.3 is 0 Å². The van der Waals surface area contributed by atoms with Crippen molar-refractivity contribution in [3.05, 3.63) is 34.9 Å². The molecule has 2 heteroatoms. The van der Waals surface area contributed by atoms with E-state index in [4.69, 9.17) is 4.84 Å². The third-order valence-electron chi connectivity index (χ3n) is 2.84. The number of hydrogen-bond acceptors (Lipinski definition) is 2. The van der Waals surface area contributed by atoms with Crippen LogP contribution in [-0.4, -0.2) is 11.3 Å². The summed E-state index contributed by atoms with van der Waals surface area (Å²) in [6, 6.07) is 6.43. The monoisotopic (exact) mass is 203 g/mol. The second kappa shape index (κ2) is 3.37. The summed E-state index contributed by atoms with van der Waals surface area (Å²) in [6.07, 6.45) is 0.884. The maximum atomic E-state index is 5.37. The smallest absolute Gasteiger partial charge is 0.137 e. The fraction of sp³-hybridized carbons (Fsp3) is 0.462. The molecule has 0 atom stereocenters. The van der Waals surface area contributed by atoms with Gasteiger partial charge in [-0.3, -0.25) is 0 Å². The molecular formula is C13H17NO. The van der Waals surface area contributed by atoms with Crippen molar-refractivity contribution >= 4 is 5.71 Å². The predicted molar refractivity (Wildman–Crippen MR) is 62.2 cm³/mol. The van der Waals surface area contributed by atoms with E-state index in [1.54, 1.807) is 0 Å². The van der Waals surface area contributed by atoms with E-state index in [0.29, 0.717) is 0 Å². The quantitative estimate of drug-likeness (QED) is 0.686. The van der Waals surface area contributed by atoms with Gasteiger partial charge in [0.05, 0.1) is 5.71 Å². The second-order valence-corrected chi connectivity index (χ2v) is 4.86. The normalized spacial score (nSPS) is 18.5. The van der Waals surface area contributed by atoms with E-state index in [2.05, 4.69) is 51.0 Å². The zero-order valence-electron chi connectivity index (χ0n) is 9.79. The Balaban J connectivity index is 2.29. The maximum Gasteiger partial charge on any atom is 0.137 e. The summed E-state index contributed by atoms with van der Waals surface area (Å²) in [5, 5.41) is 4.15. The van der Waals surface area contributed by atoms with Crippen molar-refractivity contribution in [1.82, 2.24) is 0 Å². The SMILES string of the molecule is Cc1ccc(C2=NOC(C)(C)C2)cc1C. The number of hydrogen-bond donors (Lipinski definition) is 0. The minimum absolute atomic E-state index is 0.145. The summed E-state index contributed by atoms with van der Waals surface area (Å²) in [6.45, 7) is 8.37. The van der Waals surface area contributed by atoms with Crippen LogP contribution in [0.4, 0.5) is 0 Å². The summed E-state index contributed by atoms with van der Waals surface area (Å²) in [7, 11) is 0. The third kappa shape index (κ3) is 2.04. The summed E-state index contributed by atoms with van der Waals surface area (Å²) in [5.41, 5.74) is 4.72. The molecule has 1 aromatic rings. The van der Waals surface area contributed by atoms with Gasteiger partial charge in [0.25, 0.3) is 0 Å². The molecule has 0 aliphatic carbocycles. The molecule has 0 saturated carbocycles. The molecule has 0 aromatic heterocycles. The summed E-state index contributed by atoms with van der Waals surface area (Å²) >= 11 is 0. The highest BCUT2D eigenvalue weighted by atomic mass is 16.7. The Labute approximate surface area is 90.9 Å². The summed E-state index contributed by atoms with van der Waals surface area (Å²) in [5.74, 6) is 0. The molecule has 80 valence electrons. The lowest BCUT2D eigenvalue weighted by Crippen LogP contribution is -2.19. The molecular weight excluding hydrogens is 186 g/mol. The Hall–Kier alpha value is -1.31. The molecule has 0 fully saturated rings. The lowest BCUT2D eigenvalue weighted by molar-refractivity contribution is 0.0123. The van der Waals surface area contributed by atoms with Crippen LogP contribution >= 0.6 is 0 Å². The van der Waals surface area contributed by atoms with Gasteiger partial charge in [-0.2, -0.15) is 0 Å². The lowest BCUT2D eigenvalue weighted by Gasteiger charge is -2.13. The standard InChI is InChI=1S/C13H17NO/c1-9-5-6-11(7-10(9)2)12-8-13(3,4)15-14-12/h5-7H,8H2,1-4H3. The van der Waals surface area contributed by atoms with E-state index in [1.165, 1.54) is 16.7 Å². The van der Waals surface area contributed by atoms with Crippen LogP contribution < -0.4 is 0 Å². The van der Waals surface area contributed by atoms with Gasteiger partial charge in [-0.05, 0) is 50.5 Å². The molecule has 0 bridgehead atoms. The number of aryl methyl sites for hydroxylation is 2. The highest BCUT2D eigenvalue weighted by molar-refractivity contribution is 6.01. The van der Waals surface area contributed by atoms with E-state index in [-0.39, 0.29) is 5.60 Å². The van der Waals surface area contributed by atoms with Gasteiger partial charge in [0.1, 0.15) is 5.60 Å². The fourth-order valence-electron chi connectivity index (χ4n) is 1.72. The molecule has 0 N–H and O–H groups in total. The van der Waals surface area contributed by atoms with Crippen LogP contribution in [0.5, 0.6) is 0 Å². The molecule has 1 aromatic carbocycles. The number of nitrogens with zero attached hydrogens (tertiary/aromatic N) is 1. The Kier molecular flexibility index (Phi) is 2.29. The van der Waals surface area contributed by atoms with Crippen LogP contribution in [0.1, 0.15) is 37.0 Å². The van der Waals surface area contributed by atoms with Gasteiger partial charge in [0.15, 0.2) is 0 Å². The van der Waals surface area contributed by atoms with Crippen molar-refractivity contribution < 1.29 is 4.84 Å². The average Bonchev–Trinajstić information content (AvgIpc) is 2.51. The lowest BCUT2D eigenvalue weighted by atomic mass is 9.96. The van der Waals surface area contributed by atoms with Gasteiger partial charge in [-0.25, -0.2) is 0 Å². The van der Waals surface area contributed by atoms with Crippen LogP contribution in [0.15, 0.2) is 23.4 Å². The van der Waals surface area contributed by atoms with Crippen molar-refractivity contribution in [2.24, 2.45) is 5.16 Å². The van der Waals surface area contributed by atoms with Crippen LogP contribution in [0.2, 0.25) is 0 Å². The van der Waals surface area contributed by atoms with E-state index in [1.807, 2.05) is 0 Å². The topological polar surface area (TPSA) is 21.6 Å². The highest BCUT2D eigenvalue weighted by Crippen LogP contribution is 2.26. The number of rotatable bonds is 1. The van der Waals surface area contributed by atoms with Crippen LogP contribution in [0.3, 0.4) is 0 Å². The molecule has 15 heavy (non-hydrogen) atoms. The average molecular weight is 203 g/mol. The molecule has 0 amide bonds. The molecule has 0 saturated heterocycles. The number of oxime groups is 1. The van der Waals surface area contributed by atoms with Gasteiger partial charge in [-0.15, -0.1) is 0 Å². The zero-order chi connectivity index (χ0) is 11.1. The Morgan fingerprint density at radius 2 is 1.93 bits per heavy atom. The van der Waals surface area contributed by atoms with Crippen LogP contribution in [0.25, 0.3) is 0 Å². The first-order chi connectivity index (χ1) is 6.98. The van der Waals surface area contributed by atoms with Crippen molar-refractivity contribution in [2.75, 3.05) is 0 Å². The van der Waals surface area contributed by atoms with E-state index < -0.39 is 0 Å². The Morgan fingerprint density at radius 1 is 1.20 bits per heavy atom. The number of benzene rings is 1. The van der Waals surface area contributed by atoms with Crippen LogP contribution in [0, 0.1) is 13.8 Å². The molecule has 1 aliphatic heterocycles. The Bertz CT molecular complexity index is 419. The first-order valence-corrected chi connectivity index (χ1v) is 5.31. The predicted octanol–water partition coefficient (Wildman–Crippen LogP) is 3.21. The largest absolute Gasteiger partial charge is 0.389 e. The Morgan fingerprint density at radius 3 is 2.47 bits per heavy atom. The van der Waals surface area contributed by atoms with Gasteiger partial charge in [-0.1, -0.05) is 17.3 Å². The summed E-state index contributed by atoms with van der Waals surface area (Å²) in [4.78, 5) is 5.37. The molecule has 0 spiro atoms. The minimum atomic E-state index is -0.145. The first-order valence-electron chi connectivity index (χ1n) is 5.31. The zero-order valence-corrected chi connectivity index (χ0v) is 9.79. The van der Waals surface area contributed by atoms with E-state index >= 15 is 0 Å². The molecule has 1 heterocycles. The van der Waals surface area contributed by atoms with Gasteiger partial charge in [0, 0.05) is 6.42 Å². The van der Waals surface area contributed by atoms with Crippen molar-refractivity contribution in [3.63, 3.8) is 0 Å². The van der Waals surface area contributed by atoms with Crippen LogP contribution in [-0.2, 0) is 4.84 Å². The molecule has 2 rings (SSSR count). The fourth-order valence-corrected chi connectivity index (χ4v) is 1.72. The van der Waals surface area contributed by atoms with Crippen molar-refractivity contribution in [1.29, 1.82) is 0 Å². The first kappa shape index (κ1) is 10.2. The van der Waals surface area contributed by atoms with Gasteiger partial charge in [0.2, 0.25) is 0 Å².